The van der Waals surface area contributed by atoms with Crippen LogP contribution < -0.4 is 0 Å². The summed E-state index contributed by atoms with van der Waals surface area (Å²) in [5.41, 5.74) is 4.17. The third-order valence-corrected chi connectivity index (χ3v) is 2.68. The van der Waals surface area contributed by atoms with Crippen LogP contribution in [0.25, 0.3) is 11.3 Å². The number of hydrogen-bond acceptors (Lipinski definition) is 1. The van der Waals surface area contributed by atoms with Crippen molar-refractivity contribution in [2.45, 2.75) is 12.8 Å². The van der Waals surface area contributed by atoms with Crippen molar-refractivity contribution >= 4 is 0 Å². The third-order valence-electron chi connectivity index (χ3n) is 2.68. The van der Waals surface area contributed by atoms with E-state index < -0.39 is 0 Å². The molecule has 1 aliphatic rings. The molecule has 0 amide bonds. The number of hydrogen-bond donors (Lipinski definition) is 0. The summed E-state index contributed by atoms with van der Waals surface area (Å²) in [7, 11) is 0. The molecule has 1 heteroatoms. The van der Waals surface area contributed by atoms with Gasteiger partial charge in [-0.25, -0.2) is 0 Å². The Bertz CT molecular complexity index is 426. The van der Waals surface area contributed by atoms with E-state index in [1.54, 1.807) is 6.26 Å². The second-order valence-electron chi connectivity index (χ2n) is 3.46. The monoisotopic (exact) mass is 170 g/mol. The maximum atomic E-state index is 5.34. The average Bonchev–Trinajstić information content (AvgIpc) is 2.59. The van der Waals surface area contributed by atoms with E-state index in [1.165, 1.54) is 29.5 Å². The number of benzene rings is 1. The molecule has 0 saturated heterocycles. The lowest BCUT2D eigenvalue weighted by atomic mass is 9.87. The lowest BCUT2D eigenvalue weighted by Gasteiger charge is -2.18. The summed E-state index contributed by atoms with van der Waals surface area (Å²) >= 11 is 0. The molecule has 0 aliphatic heterocycles. The van der Waals surface area contributed by atoms with Crippen molar-refractivity contribution in [3.05, 3.63) is 47.7 Å². The summed E-state index contributed by atoms with van der Waals surface area (Å²) < 4.78 is 5.34. The highest BCUT2D eigenvalue weighted by Gasteiger charge is 2.13. The minimum Gasteiger partial charge on any atom is -0.464 e. The minimum absolute atomic E-state index is 0.967. The molecule has 0 N–H and O–H groups in total. The first kappa shape index (κ1) is 6.96. The third kappa shape index (κ3) is 1.00. The fourth-order valence-corrected chi connectivity index (χ4v) is 1.79. The van der Waals surface area contributed by atoms with Crippen molar-refractivity contribution in [3.8, 4) is 11.3 Å². The van der Waals surface area contributed by atoms with Gasteiger partial charge < -0.3 is 4.42 Å². The predicted octanol–water partition coefficient (Wildman–Crippen LogP) is 3.05. The van der Waals surface area contributed by atoms with Crippen molar-refractivity contribution in [2.24, 2.45) is 0 Å². The molecule has 0 saturated carbocycles. The maximum absolute atomic E-state index is 5.34. The SMILES string of the molecule is c1coc(-c2ccc3c(c2)CC3)c1. The summed E-state index contributed by atoms with van der Waals surface area (Å²) in [6, 6.07) is 10.5. The molecular weight excluding hydrogens is 160 g/mol. The normalized spacial score (nSPS) is 13.5. The van der Waals surface area contributed by atoms with Crippen molar-refractivity contribution in [2.75, 3.05) is 0 Å². The van der Waals surface area contributed by atoms with E-state index >= 15 is 0 Å². The number of aryl methyl sites for hydroxylation is 2. The van der Waals surface area contributed by atoms with Gasteiger partial charge in [-0.1, -0.05) is 12.1 Å². The zero-order chi connectivity index (χ0) is 8.67. The van der Waals surface area contributed by atoms with Gasteiger partial charge in [0.1, 0.15) is 5.76 Å². The molecule has 0 fully saturated rings. The highest BCUT2D eigenvalue weighted by atomic mass is 16.3. The summed E-state index contributed by atoms with van der Waals surface area (Å²) in [5.74, 6) is 0.967. The fraction of sp³-hybridized carbons (Fsp3) is 0.167. The summed E-state index contributed by atoms with van der Waals surface area (Å²) in [4.78, 5) is 0. The standard InChI is InChI=1S/C12H10O/c1-2-12(13-7-1)11-6-4-9-3-5-10(9)8-11/h1-2,4,6-8H,3,5H2. The van der Waals surface area contributed by atoms with Gasteiger partial charge in [-0.3, -0.25) is 0 Å². The predicted molar refractivity (Wildman–Crippen MR) is 51.6 cm³/mol. The van der Waals surface area contributed by atoms with Crippen LogP contribution in [0.3, 0.4) is 0 Å². The average molecular weight is 170 g/mol. The van der Waals surface area contributed by atoms with Gasteiger partial charge in [0.2, 0.25) is 0 Å². The van der Waals surface area contributed by atoms with Crippen LogP contribution in [0.4, 0.5) is 0 Å². The summed E-state index contributed by atoms with van der Waals surface area (Å²) in [5, 5.41) is 0. The van der Waals surface area contributed by atoms with Crippen LogP contribution in [0, 0.1) is 0 Å². The second-order valence-corrected chi connectivity index (χ2v) is 3.46. The molecule has 0 atom stereocenters. The Balaban J connectivity index is 2.11. The van der Waals surface area contributed by atoms with Crippen molar-refractivity contribution in [1.29, 1.82) is 0 Å². The second kappa shape index (κ2) is 2.49. The van der Waals surface area contributed by atoms with Crippen LogP contribution in [0.15, 0.2) is 41.0 Å². The molecule has 1 heterocycles. The van der Waals surface area contributed by atoms with Gasteiger partial charge in [-0.2, -0.15) is 0 Å². The molecule has 64 valence electrons. The molecule has 3 rings (SSSR count). The van der Waals surface area contributed by atoms with E-state index in [0.29, 0.717) is 0 Å². The van der Waals surface area contributed by atoms with Gasteiger partial charge in [0, 0.05) is 5.56 Å². The van der Waals surface area contributed by atoms with Crippen LogP contribution in [-0.4, -0.2) is 0 Å². The Hall–Kier alpha value is -1.50. The first-order valence-electron chi connectivity index (χ1n) is 4.59. The lowest BCUT2D eigenvalue weighted by molar-refractivity contribution is 0.582. The quantitative estimate of drug-likeness (QED) is 0.641. The Labute approximate surface area is 77.0 Å². The van der Waals surface area contributed by atoms with Gasteiger partial charge in [0.25, 0.3) is 0 Å². The molecular formula is C12H10O. The molecule has 1 aromatic carbocycles. The molecule has 1 nitrogen and oxygen atoms in total. The number of fused-ring (bicyclic) bond motifs is 1. The van der Waals surface area contributed by atoms with E-state index in [9.17, 15) is 0 Å². The van der Waals surface area contributed by atoms with Crippen LogP contribution in [0.2, 0.25) is 0 Å². The summed E-state index contributed by atoms with van der Waals surface area (Å²) in [6.45, 7) is 0. The topological polar surface area (TPSA) is 13.1 Å². The molecule has 1 aromatic heterocycles. The maximum Gasteiger partial charge on any atom is 0.133 e. The van der Waals surface area contributed by atoms with Gasteiger partial charge in [0.05, 0.1) is 6.26 Å². The van der Waals surface area contributed by atoms with E-state index in [1.807, 2.05) is 12.1 Å². The number of rotatable bonds is 1. The van der Waals surface area contributed by atoms with E-state index in [-0.39, 0.29) is 0 Å². The number of furan rings is 1. The van der Waals surface area contributed by atoms with Gasteiger partial charge in [-0.05, 0) is 42.2 Å². The van der Waals surface area contributed by atoms with Crippen molar-refractivity contribution < 1.29 is 4.42 Å². The van der Waals surface area contributed by atoms with E-state index in [4.69, 9.17) is 4.42 Å². The largest absolute Gasteiger partial charge is 0.464 e. The Morgan fingerprint density at radius 1 is 1.00 bits per heavy atom. The Morgan fingerprint density at radius 2 is 1.92 bits per heavy atom. The van der Waals surface area contributed by atoms with Gasteiger partial charge >= 0.3 is 0 Å². The van der Waals surface area contributed by atoms with Crippen LogP contribution in [-0.2, 0) is 12.8 Å². The lowest BCUT2D eigenvalue weighted by Crippen LogP contribution is -2.07. The minimum atomic E-state index is 0.967. The van der Waals surface area contributed by atoms with Crippen LogP contribution in [0.5, 0.6) is 0 Å². The molecule has 2 aromatic rings. The fourth-order valence-electron chi connectivity index (χ4n) is 1.79. The van der Waals surface area contributed by atoms with Crippen LogP contribution in [0.1, 0.15) is 11.1 Å². The Kier molecular flexibility index (Phi) is 1.33. The highest BCUT2D eigenvalue weighted by Crippen LogP contribution is 2.28. The van der Waals surface area contributed by atoms with Crippen LogP contribution >= 0.6 is 0 Å². The zero-order valence-electron chi connectivity index (χ0n) is 7.29. The molecule has 0 radical (unpaired) electrons. The highest BCUT2D eigenvalue weighted by molar-refractivity contribution is 5.60. The van der Waals surface area contributed by atoms with Gasteiger partial charge in [-0.15, -0.1) is 0 Å². The van der Waals surface area contributed by atoms with Crippen molar-refractivity contribution in [1.82, 2.24) is 0 Å². The smallest absolute Gasteiger partial charge is 0.133 e. The molecule has 1 aliphatic carbocycles. The molecule has 0 spiro atoms. The van der Waals surface area contributed by atoms with E-state index in [2.05, 4.69) is 18.2 Å². The first-order chi connectivity index (χ1) is 6.43. The van der Waals surface area contributed by atoms with Crippen molar-refractivity contribution in [3.63, 3.8) is 0 Å². The molecule has 0 unspecified atom stereocenters. The molecule has 0 bridgehead atoms. The van der Waals surface area contributed by atoms with E-state index in [0.717, 1.165) is 5.76 Å². The zero-order valence-corrected chi connectivity index (χ0v) is 7.29. The summed E-state index contributed by atoms with van der Waals surface area (Å²) in [6.07, 6.45) is 4.19. The first-order valence-corrected chi connectivity index (χ1v) is 4.59. The molecule has 13 heavy (non-hydrogen) atoms. The van der Waals surface area contributed by atoms with Gasteiger partial charge in [0.15, 0.2) is 0 Å². The Morgan fingerprint density at radius 3 is 2.54 bits per heavy atom.